The first kappa shape index (κ1) is 14.2. The maximum absolute atomic E-state index is 9.01. The summed E-state index contributed by atoms with van der Waals surface area (Å²) < 4.78 is 5.28. The van der Waals surface area contributed by atoms with Gasteiger partial charge >= 0.3 is 0 Å². The highest BCUT2D eigenvalue weighted by Crippen LogP contribution is 2.21. The number of hydrogen-bond acceptors (Lipinski definition) is 4. The van der Waals surface area contributed by atoms with Crippen molar-refractivity contribution in [2.45, 2.75) is 6.54 Å². The monoisotopic (exact) mass is 246 g/mol. The van der Waals surface area contributed by atoms with Gasteiger partial charge in [-0.25, -0.2) is 0 Å². The van der Waals surface area contributed by atoms with Crippen molar-refractivity contribution in [2.24, 2.45) is 0 Å². The summed E-state index contributed by atoms with van der Waals surface area (Å²) in [6.45, 7) is 5.64. The SMILES string of the molecule is C=CCN(CCO)Cc1cc(C#N)ccc1OC. The molecular weight excluding hydrogens is 228 g/mol. The van der Waals surface area contributed by atoms with Gasteiger partial charge in [-0.05, 0) is 18.2 Å². The third-order valence-corrected chi connectivity index (χ3v) is 2.61. The highest BCUT2D eigenvalue weighted by atomic mass is 16.5. The number of ether oxygens (including phenoxy) is 1. The summed E-state index contributed by atoms with van der Waals surface area (Å²) in [5.74, 6) is 0.751. The number of nitriles is 1. The van der Waals surface area contributed by atoms with E-state index < -0.39 is 0 Å². The van der Waals surface area contributed by atoms with Crippen LogP contribution in [0.1, 0.15) is 11.1 Å². The standard InChI is InChI=1S/C14H18N2O2/c1-3-6-16(7-8-17)11-13-9-12(10-15)4-5-14(13)18-2/h3-5,9,17H,1,6-8,11H2,2H3. The van der Waals surface area contributed by atoms with Crippen LogP contribution in [0.2, 0.25) is 0 Å². The van der Waals surface area contributed by atoms with Gasteiger partial charge < -0.3 is 9.84 Å². The second-order valence-corrected chi connectivity index (χ2v) is 3.89. The smallest absolute Gasteiger partial charge is 0.123 e. The maximum Gasteiger partial charge on any atom is 0.123 e. The number of rotatable bonds is 7. The van der Waals surface area contributed by atoms with E-state index >= 15 is 0 Å². The minimum absolute atomic E-state index is 0.0914. The van der Waals surface area contributed by atoms with E-state index in [9.17, 15) is 0 Å². The number of hydrogen-bond donors (Lipinski definition) is 1. The van der Waals surface area contributed by atoms with E-state index in [0.717, 1.165) is 11.3 Å². The third-order valence-electron chi connectivity index (χ3n) is 2.61. The Hall–Kier alpha value is -1.83. The molecule has 0 unspecified atom stereocenters. The van der Waals surface area contributed by atoms with Crippen LogP contribution in [0, 0.1) is 11.3 Å². The fourth-order valence-electron chi connectivity index (χ4n) is 1.77. The largest absolute Gasteiger partial charge is 0.496 e. The molecule has 0 aliphatic rings. The first-order valence-corrected chi connectivity index (χ1v) is 5.76. The van der Waals surface area contributed by atoms with Crippen LogP contribution in [0.25, 0.3) is 0 Å². The molecule has 0 saturated carbocycles. The highest BCUT2D eigenvalue weighted by Gasteiger charge is 2.09. The lowest BCUT2D eigenvalue weighted by molar-refractivity contribution is 0.202. The number of aliphatic hydroxyl groups is 1. The molecule has 1 rings (SSSR count). The fourth-order valence-corrected chi connectivity index (χ4v) is 1.77. The lowest BCUT2D eigenvalue weighted by atomic mass is 10.1. The van der Waals surface area contributed by atoms with Crippen LogP contribution in [0.15, 0.2) is 30.9 Å². The molecule has 96 valence electrons. The molecule has 0 aliphatic carbocycles. The molecule has 0 atom stereocenters. The summed E-state index contributed by atoms with van der Waals surface area (Å²) in [6, 6.07) is 7.44. The molecule has 0 fully saturated rings. The summed E-state index contributed by atoms with van der Waals surface area (Å²) in [5, 5.41) is 17.9. The van der Waals surface area contributed by atoms with Gasteiger partial charge in [0.15, 0.2) is 0 Å². The summed E-state index contributed by atoms with van der Waals surface area (Å²) in [5.41, 5.74) is 1.54. The van der Waals surface area contributed by atoms with Crippen molar-refractivity contribution < 1.29 is 9.84 Å². The highest BCUT2D eigenvalue weighted by molar-refractivity contribution is 5.42. The molecule has 0 bridgehead atoms. The van der Waals surface area contributed by atoms with E-state index in [1.165, 1.54) is 0 Å². The van der Waals surface area contributed by atoms with E-state index in [1.807, 2.05) is 11.0 Å². The molecule has 0 aliphatic heterocycles. The topological polar surface area (TPSA) is 56.5 Å². The van der Waals surface area contributed by atoms with Gasteiger partial charge in [0.05, 0.1) is 25.3 Å². The van der Waals surface area contributed by atoms with E-state index in [2.05, 4.69) is 12.6 Å². The zero-order valence-electron chi connectivity index (χ0n) is 10.6. The van der Waals surface area contributed by atoms with Crippen LogP contribution in [0.3, 0.4) is 0 Å². The quantitative estimate of drug-likeness (QED) is 0.742. The van der Waals surface area contributed by atoms with Gasteiger partial charge in [0, 0.05) is 25.2 Å². The molecule has 1 aromatic rings. The van der Waals surface area contributed by atoms with Gasteiger partial charge in [-0.15, -0.1) is 6.58 Å². The zero-order valence-corrected chi connectivity index (χ0v) is 10.6. The van der Waals surface area contributed by atoms with Gasteiger partial charge in [-0.1, -0.05) is 6.08 Å². The first-order chi connectivity index (χ1) is 8.74. The van der Waals surface area contributed by atoms with Crippen LogP contribution >= 0.6 is 0 Å². The molecule has 0 saturated heterocycles. The minimum Gasteiger partial charge on any atom is -0.496 e. The summed E-state index contributed by atoms with van der Waals surface area (Å²) >= 11 is 0. The number of methoxy groups -OCH3 is 1. The van der Waals surface area contributed by atoms with E-state index in [1.54, 1.807) is 25.3 Å². The number of nitrogens with zero attached hydrogens (tertiary/aromatic N) is 2. The molecule has 1 aromatic carbocycles. The molecule has 0 radical (unpaired) electrons. The molecule has 1 N–H and O–H groups in total. The molecule has 4 heteroatoms. The van der Waals surface area contributed by atoms with Gasteiger partial charge in [-0.2, -0.15) is 5.26 Å². The van der Waals surface area contributed by atoms with Crippen molar-refractivity contribution in [3.05, 3.63) is 42.0 Å². The molecule has 0 aromatic heterocycles. The summed E-state index contributed by atoms with van der Waals surface area (Å²) in [4.78, 5) is 2.03. The van der Waals surface area contributed by atoms with Crippen LogP contribution in [-0.4, -0.2) is 36.8 Å². The first-order valence-electron chi connectivity index (χ1n) is 5.76. The minimum atomic E-state index is 0.0914. The average Bonchev–Trinajstić information content (AvgIpc) is 2.39. The second kappa shape index (κ2) is 7.49. The fraction of sp³-hybridized carbons (Fsp3) is 0.357. The summed E-state index contributed by atoms with van der Waals surface area (Å²) in [6.07, 6.45) is 1.79. The van der Waals surface area contributed by atoms with E-state index in [4.69, 9.17) is 15.1 Å². The summed E-state index contributed by atoms with van der Waals surface area (Å²) in [7, 11) is 1.61. The van der Waals surface area contributed by atoms with Crippen LogP contribution in [0.4, 0.5) is 0 Å². The lowest BCUT2D eigenvalue weighted by Gasteiger charge is -2.20. The number of aliphatic hydroxyl groups excluding tert-OH is 1. The van der Waals surface area contributed by atoms with Crippen LogP contribution < -0.4 is 4.74 Å². The Balaban J connectivity index is 2.92. The average molecular weight is 246 g/mol. The van der Waals surface area contributed by atoms with Gasteiger partial charge in [-0.3, -0.25) is 4.90 Å². The normalized spacial score (nSPS) is 10.1. The Morgan fingerprint density at radius 1 is 1.56 bits per heavy atom. The Morgan fingerprint density at radius 3 is 2.89 bits per heavy atom. The Labute approximate surface area is 108 Å². The van der Waals surface area contributed by atoms with Gasteiger partial charge in [0.25, 0.3) is 0 Å². The molecule has 0 amide bonds. The zero-order chi connectivity index (χ0) is 13.4. The Morgan fingerprint density at radius 2 is 2.33 bits per heavy atom. The van der Waals surface area contributed by atoms with Gasteiger partial charge in [0.2, 0.25) is 0 Å². The molecule has 18 heavy (non-hydrogen) atoms. The van der Waals surface area contributed by atoms with Crippen molar-refractivity contribution in [2.75, 3.05) is 26.8 Å². The maximum atomic E-state index is 9.01. The molecule has 0 spiro atoms. The number of benzene rings is 1. The van der Waals surface area contributed by atoms with Crippen molar-refractivity contribution in [3.63, 3.8) is 0 Å². The van der Waals surface area contributed by atoms with Crippen molar-refractivity contribution in [1.82, 2.24) is 4.90 Å². The third kappa shape index (κ3) is 3.88. The predicted octanol–water partition coefficient (Wildman–Crippen LogP) is 1.55. The molecule has 0 heterocycles. The van der Waals surface area contributed by atoms with Crippen LogP contribution in [0.5, 0.6) is 5.75 Å². The van der Waals surface area contributed by atoms with Crippen LogP contribution in [-0.2, 0) is 6.54 Å². The van der Waals surface area contributed by atoms with Crippen molar-refractivity contribution >= 4 is 0 Å². The van der Waals surface area contributed by atoms with Gasteiger partial charge in [0.1, 0.15) is 5.75 Å². The molecular formula is C14H18N2O2. The van der Waals surface area contributed by atoms with E-state index in [-0.39, 0.29) is 6.61 Å². The Kier molecular flexibility index (Phi) is 5.92. The van der Waals surface area contributed by atoms with E-state index in [0.29, 0.717) is 25.2 Å². The lowest BCUT2D eigenvalue weighted by Crippen LogP contribution is -2.26. The predicted molar refractivity (Wildman–Crippen MR) is 70.3 cm³/mol. The van der Waals surface area contributed by atoms with Crippen molar-refractivity contribution in [1.29, 1.82) is 5.26 Å². The van der Waals surface area contributed by atoms with Crippen molar-refractivity contribution in [3.8, 4) is 11.8 Å². The molecule has 4 nitrogen and oxygen atoms in total. The Bertz CT molecular complexity index is 438. The second-order valence-electron chi connectivity index (χ2n) is 3.89.